The molecule has 0 saturated heterocycles. The number of ether oxygens (including phenoxy) is 1. The summed E-state index contributed by atoms with van der Waals surface area (Å²) in [5.41, 5.74) is 0.000443. The van der Waals surface area contributed by atoms with Crippen LogP contribution in [0.4, 0.5) is 9.18 Å². The fraction of sp³-hybridized carbons (Fsp3) is 0.417. The monoisotopic (exact) mass is 223 g/mol. The van der Waals surface area contributed by atoms with E-state index in [-0.39, 0.29) is 5.82 Å². The van der Waals surface area contributed by atoms with Gasteiger partial charge >= 0.3 is 6.09 Å². The zero-order chi connectivity index (χ0) is 11.6. The highest BCUT2D eigenvalue weighted by Crippen LogP contribution is 2.46. The number of carbonyl (C=O) groups excluding carboxylic acids is 1. The van der Waals surface area contributed by atoms with Crippen LogP contribution in [0.25, 0.3) is 0 Å². The molecule has 1 saturated carbocycles. The van der Waals surface area contributed by atoms with Gasteiger partial charge in [-0.15, -0.1) is 0 Å². The van der Waals surface area contributed by atoms with Gasteiger partial charge in [0.05, 0.1) is 12.1 Å². The average Bonchev–Trinajstić information content (AvgIpc) is 2.99. The van der Waals surface area contributed by atoms with E-state index in [1.54, 1.807) is 25.1 Å². The van der Waals surface area contributed by atoms with Crippen molar-refractivity contribution in [1.29, 1.82) is 0 Å². The predicted octanol–water partition coefficient (Wildman–Crippen LogP) is 2.56. The fourth-order valence-electron chi connectivity index (χ4n) is 1.80. The number of hydrogen-bond acceptors (Lipinski definition) is 2. The topological polar surface area (TPSA) is 38.3 Å². The summed E-state index contributed by atoms with van der Waals surface area (Å²) in [5.74, 6) is -0.281. The van der Waals surface area contributed by atoms with Crippen LogP contribution in [0.15, 0.2) is 24.3 Å². The Balaban J connectivity index is 2.14. The number of rotatable bonds is 3. The zero-order valence-electron chi connectivity index (χ0n) is 9.13. The SMILES string of the molecule is CCOC(=O)NC1(c2ccccc2F)CC1. The summed E-state index contributed by atoms with van der Waals surface area (Å²) in [6.45, 7) is 2.06. The second-order valence-corrected chi connectivity index (χ2v) is 3.91. The Bertz CT molecular complexity index is 402. The molecule has 0 atom stereocenters. The van der Waals surface area contributed by atoms with E-state index in [1.807, 2.05) is 0 Å². The molecule has 1 amide bonds. The van der Waals surface area contributed by atoms with Gasteiger partial charge in [-0.1, -0.05) is 18.2 Å². The molecule has 3 nitrogen and oxygen atoms in total. The van der Waals surface area contributed by atoms with Gasteiger partial charge in [-0.05, 0) is 25.8 Å². The second kappa shape index (κ2) is 4.12. The Hall–Kier alpha value is -1.58. The number of amides is 1. The van der Waals surface area contributed by atoms with Gasteiger partial charge in [0, 0.05) is 5.56 Å². The van der Waals surface area contributed by atoms with E-state index >= 15 is 0 Å². The lowest BCUT2D eigenvalue weighted by atomic mass is 10.0. The normalized spacial score (nSPS) is 16.6. The number of halogens is 1. The highest BCUT2D eigenvalue weighted by Gasteiger charge is 2.47. The maximum Gasteiger partial charge on any atom is 0.407 e. The number of alkyl carbamates (subject to hydrolysis) is 1. The molecule has 0 spiro atoms. The molecule has 1 aliphatic rings. The molecule has 0 heterocycles. The highest BCUT2D eigenvalue weighted by atomic mass is 19.1. The van der Waals surface area contributed by atoms with Gasteiger partial charge in [-0.3, -0.25) is 0 Å². The van der Waals surface area contributed by atoms with E-state index < -0.39 is 11.6 Å². The average molecular weight is 223 g/mol. The van der Waals surface area contributed by atoms with Gasteiger partial charge in [0.1, 0.15) is 5.82 Å². The van der Waals surface area contributed by atoms with Crippen LogP contribution in [0, 0.1) is 5.82 Å². The second-order valence-electron chi connectivity index (χ2n) is 3.91. The largest absolute Gasteiger partial charge is 0.450 e. The maximum atomic E-state index is 13.6. The molecule has 0 unspecified atom stereocenters. The zero-order valence-corrected chi connectivity index (χ0v) is 9.13. The van der Waals surface area contributed by atoms with Gasteiger partial charge < -0.3 is 10.1 Å². The first kappa shape index (κ1) is 10.9. The van der Waals surface area contributed by atoms with E-state index in [1.165, 1.54) is 6.07 Å². The molecular formula is C12H14FNO2. The van der Waals surface area contributed by atoms with Gasteiger partial charge in [-0.2, -0.15) is 0 Å². The van der Waals surface area contributed by atoms with Gasteiger partial charge in [-0.25, -0.2) is 9.18 Å². The van der Waals surface area contributed by atoms with E-state index in [9.17, 15) is 9.18 Å². The number of hydrogen-bond donors (Lipinski definition) is 1. The molecule has 1 N–H and O–H groups in total. The Morgan fingerprint density at radius 1 is 1.50 bits per heavy atom. The Kier molecular flexibility index (Phi) is 2.81. The first-order valence-corrected chi connectivity index (χ1v) is 5.38. The minimum Gasteiger partial charge on any atom is -0.450 e. The van der Waals surface area contributed by atoms with Crippen molar-refractivity contribution in [2.24, 2.45) is 0 Å². The van der Waals surface area contributed by atoms with Crippen LogP contribution >= 0.6 is 0 Å². The van der Waals surface area contributed by atoms with Crippen LogP contribution in [-0.2, 0) is 10.3 Å². The number of benzene rings is 1. The molecule has 86 valence electrons. The standard InChI is InChI=1S/C12H14FNO2/c1-2-16-11(15)14-12(7-8-12)9-5-3-4-6-10(9)13/h3-6H,2,7-8H2,1H3,(H,14,15). The Morgan fingerprint density at radius 3 is 2.75 bits per heavy atom. The number of nitrogens with one attached hydrogen (secondary N) is 1. The highest BCUT2D eigenvalue weighted by molar-refractivity contribution is 5.69. The molecule has 0 aliphatic heterocycles. The Labute approximate surface area is 93.6 Å². The fourth-order valence-corrected chi connectivity index (χ4v) is 1.80. The van der Waals surface area contributed by atoms with Gasteiger partial charge in [0.2, 0.25) is 0 Å². The molecule has 0 radical (unpaired) electrons. The molecule has 16 heavy (non-hydrogen) atoms. The minimum absolute atomic E-state index is 0.281. The lowest BCUT2D eigenvalue weighted by molar-refractivity contribution is 0.146. The first-order chi connectivity index (χ1) is 7.68. The van der Waals surface area contributed by atoms with Crippen molar-refractivity contribution in [3.8, 4) is 0 Å². The number of carbonyl (C=O) groups is 1. The third kappa shape index (κ3) is 2.01. The third-order valence-electron chi connectivity index (χ3n) is 2.76. The van der Waals surface area contributed by atoms with Crippen molar-refractivity contribution in [2.45, 2.75) is 25.3 Å². The lowest BCUT2D eigenvalue weighted by Crippen LogP contribution is -2.35. The molecule has 0 aromatic heterocycles. The summed E-state index contributed by atoms with van der Waals surface area (Å²) >= 11 is 0. The molecular weight excluding hydrogens is 209 g/mol. The smallest absolute Gasteiger partial charge is 0.407 e. The van der Waals surface area contributed by atoms with E-state index in [2.05, 4.69) is 5.32 Å². The molecule has 2 rings (SSSR count). The molecule has 4 heteroatoms. The molecule has 1 aromatic carbocycles. The summed E-state index contributed by atoms with van der Waals surface area (Å²) in [6.07, 6.45) is 1.03. The van der Waals surface area contributed by atoms with E-state index in [0.29, 0.717) is 12.2 Å². The summed E-state index contributed by atoms with van der Waals surface area (Å²) < 4.78 is 18.4. The summed E-state index contributed by atoms with van der Waals surface area (Å²) in [7, 11) is 0. The van der Waals surface area contributed by atoms with Crippen LogP contribution in [0.5, 0.6) is 0 Å². The molecule has 0 bridgehead atoms. The quantitative estimate of drug-likeness (QED) is 0.855. The van der Waals surface area contributed by atoms with Crippen molar-refractivity contribution in [2.75, 3.05) is 6.61 Å². The summed E-state index contributed by atoms with van der Waals surface area (Å²) in [6, 6.07) is 6.52. The molecule has 1 fully saturated rings. The van der Waals surface area contributed by atoms with E-state index in [4.69, 9.17) is 4.74 Å². The van der Waals surface area contributed by atoms with Crippen LogP contribution in [0.3, 0.4) is 0 Å². The minimum atomic E-state index is -0.544. The third-order valence-corrected chi connectivity index (χ3v) is 2.76. The van der Waals surface area contributed by atoms with Crippen LogP contribution in [-0.4, -0.2) is 12.7 Å². The van der Waals surface area contributed by atoms with Crippen LogP contribution in [0.2, 0.25) is 0 Å². The molecule has 1 aromatic rings. The van der Waals surface area contributed by atoms with Crippen molar-refractivity contribution in [3.63, 3.8) is 0 Å². The maximum absolute atomic E-state index is 13.6. The van der Waals surface area contributed by atoms with Gasteiger partial charge in [0.25, 0.3) is 0 Å². The van der Waals surface area contributed by atoms with Crippen molar-refractivity contribution < 1.29 is 13.9 Å². The lowest BCUT2D eigenvalue weighted by Gasteiger charge is -2.17. The van der Waals surface area contributed by atoms with Gasteiger partial charge in [0.15, 0.2) is 0 Å². The Morgan fingerprint density at radius 2 is 2.19 bits per heavy atom. The van der Waals surface area contributed by atoms with Crippen molar-refractivity contribution in [1.82, 2.24) is 5.32 Å². The summed E-state index contributed by atoms with van der Waals surface area (Å²) in [4.78, 5) is 11.3. The van der Waals surface area contributed by atoms with Crippen LogP contribution in [0.1, 0.15) is 25.3 Å². The van der Waals surface area contributed by atoms with E-state index in [0.717, 1.165) is 12.8 Å². The predicted molar refractivity (Wildman–Crippen MR) is 57.5 cm³/mol. The summed E-state index contributed by atoms with van der Waals surface area (Å²) in [5, 5.41) is 2.72. The first-order valence-electron chi connectivity index (χ1n) is 5.38. The van der Waals surface area contributed by atoms with Crippen molar-refractivity contribution >= 4 is 6.09 Å². The molecule has 1 aliphatic carbocycles. The van der Waals surface area contributed by atoms with Crippen molar-refractivity contribution in [3.05, 3.63) is 35.6 Å². The van der Waals surface area contributed by atoms with Crippen LogP contribution < -0.4 is 5.32 Å².